The van der Waals surface area contributed by atoms with Gasteiger partial charge in [0.05, 0.1) is 11.4 Å². The number of nitrogens with one attached hydrogen (secondary N) is 1. The number of imidazole rings is 1. The molecule has 5 heteroatoms. The first-order chi connectivity index (χ1) is 9.74. The van der Waals surface area contributed by atoms with Crippen molar-refractivity contribution in [3.05, 3.63) is 42.2 Å². The number of amides is 1. The van der Waals surface area contributed by atoms with E-state index in [9.17, 15) is 4.79 Å². The number of aryl methyl sites for hydroxylation is 1. The van der Waals surface area contributed by atoms with Gasteiger partial charge < -0.3 is 5.32 Å². The van der Waals surface area contributed by atoms with Crippen molar-refractivity contribution >= 4 is 17.7 Å². The van der Waals surface area contributed by atoms with Crippen molar-refractivity contribution < 1.29 is 4.79 Å². The number of hydrogen-bond acceptors (Lipinski definition) is 3. The van der Waals surface area contributed by atoms with Gasteiger partial charge in [0.25, 0.3) is 0 Å². The minimum atomic E-state index is 0.0943. The average molecular weight is 287 g/mol. The van der Waals surface area contributed by atoms with Crippen molar-refractivity contribution in [2.24, 2.45) is 0 Å². The summed E-state index contributed by atoms with van der Waals surface area (Å²) in [5.74, 6) is 0.510. The summed E-state index contributed by atoms with van der Waals surface area (Å²) < 4.78 is 2.03. The zero-order valence-electron chi connectivity index (χ0n) is 11.4. The number of carbonyl (C=O) groups excluding carboxylic acids is 1. The van der Waals surface area contributed by atoms with Gasteiger partial charge in [-0.2, -0.15) is 0 Å². The minimum absolute atomic E-state index is 0.0943. The molecule has 2 aromatic rings. The topological polar surface area (TPSA) is 46.9 Å². The van der Waals surface area contributed by atoms with Gasteiger partial charge in [0, 0.05) is 18.4 Å². The molecule has 1 heterocycles. The molecule has 0 unspecified atom stereocenters. The summed E-state index contributed by atoms with van der Waals surface area (Å²) in [7, 11) is 0. The van der Waals surface area contributed by atoms with Gasteiger partial charge in [-0.25, -0.2) is 4.98 Å². The van der Waals surface area contributed by atoms with Crippen molar-refractivity contribution in [2.75, 3.05) is 5.75 Å². The van der Waals surface area contributed by atoms with Crippen LogP contribution in [0.4, 0.5) is 0 Å². The van der Waals surface area contributed by atoms with Gasteiger partial charge in [-0.3, -0.25) is 9.36 Å². The Hall–Kier alpha value is -1.75. The third-order valence-electron chi connectivity index (χ3n) is 3.26. The number of carbonyl (C=O) groups is 1. The third-order valence-corrected chi connectivity index (χ3v) is 4.22. The van der Waals surface area contributed by atoms with Gasteiger partial charge in [0.15, 0.2) is 5.16 Å². The van der Waals surface area contributed by atoms with E-state index < -0.39 is 0 Å². The molecule has 3 rings (SSSR count). The molecule has 1 amide bonds. The summed E-state index contributed by atoms with van der Waals surface area (Å²) in [5.41, 5.74) is 2.30. The van der Waals surface area contributed by atoms with E-state index in [0.717, 1.165) is 23.7 Å². The second kappa shape index (κ2) is 5.71. The molecule has 0 atom stereocenters. The second-order valence-corrected chi connectivity index (χ2v) is 5.94. The normalized spacial score (nSPS) is 14.2. The van der Waals surface area contributed by atoms with Crippen molar-refractivity contribution in [3.63, 3.8) is 0 Å². The molecular weight excluding hydrogens is 270 g/mol. The molecule has 1 aliphatic rings. The second-order valence-electron chi connectivity index (χ2n) is 5.00. The number of benzene rings is 1. The van der Waals surface area contributed by atoms with E-state index in [4.69, 9.17) is 0 Å². The first kappa shape index (κ1) is 13.2. The highest BCUT2D eigenvalue weighted by atomic mass is 32.2. The Morgan fingerprint density at radius 3 is 3.00 bits per heavy atom. The SMILES string of the molecule is Cc1ccccc1-n1ccnc1SCC(=O)NC1CC1. The minimum Gasteiger partial charge on any atom is -0.353 e. The van der Waals surface area contributed by atoms with Crippen LogP contribution in [0.15, 0.2) is 41.8 Å². The van der Waals surface area contributed by atoms with Crippen molar-refractivity contribution in [2.45, 2.75) is 31.0 Å². The molecule has 1 saturated carbocycles. The Bertz CT molecular complexity index is 619. The van der Waals surface area contributed by atoms with Crippen LogP contribution >= 0.6 is 11.8 Å². The smallest absolute Gasteiger partial charge is 0.230 e. The molecule has 0 spiro atoms. The van der Waals surface area contributed by atoms with Crippen molar-refractivity contribution in [3.8, 4) is 5.69 Å². The molecule has 0 bridgehead atoms. The summed E-state index contributed by atoms with van der Waals surface area (Å²) in [4.78, 5) is 16.1. The van der Waals surface area contributed by atoms with Gasteiger partial charge in [0.2, 0.25) is 5.91 Å². The summed E-state index contributed by atoms with van der Waals surface area (Å²) in [6.07, 6.45) is 5.94. The van der Waals surface area contributed by atoms with Gasteiger partial charge >= 0.3 is 0 Å². The number of rotatable bonds is 5. The zero-order valence-corrected chi connectivity index (χ0v) is 12.2. The Balaban J connectivity index is 1.70. The van der Waals surface area contributed by atoms with Crippen molar-refractivity contribution in [1.82, 2.24) is 14.9 Å². The lowest BCUT2D eigenvalue weighted by Crippen LogP contribution is -2.27. The standard InChI is InChI=1S/C15H17N3OS/c1-11-4-2-3-5-13(11)18-9-8-16-15(18)20-10-14(19)17-12-6-7-12/h2-5,8-9,12H,6-7,10H2,1H3,(H,17,19). The molecule has 20 heavy (non-hydrogen) atoms. The quantitative estimate of drug-likeness (QED) is 0.860. The first-order valence-corrected chi connectivity index (χ1v) is 7.74. The van der Waals surface area contributed by atoms with Crippen molar-refractivity contribution in [1.29, 1.82) is 0 Å². The van der Waals surface area contributed by atoms with Crippen LogP contribution in [0.25, 0.3) is 5.69 Å². The molecular formula is C15H17N3OS. The summed E-state index contributed by atoms with van der Waals surface area (Å²) in [6.45, 7) is 2.07. The predicted molar refractivity (Wildman–Crippen MR) is 80.2 cm³/mol. The molecule has 0 radical (unpaired) electrons. The molecule has 104 valence electrons. The van der Waals surface area contributed by atoms with E-state index in [1.165, 1.54) is 17.3 Å². The van der Waals surface area contributed by atoms with Crippen LogP contribution in [0.3, 0.4) is 0 Å². The van der Waals surface area contributed by atoms with Gasteiger partial charge in [-0.1, -0.05) is 30.0 Å². The monoisotopic (exact) mass is 287 g/mol. The molecule has 4 nitrogen and oxygen atoms in total. The third kappa shape index (κ3) is 3.04. The highest BCUT2D eigenvalue weighted by Gasteiger charge is 2.23. The van der Waals surface area contributed by atoms with E-state index >= 15 is 0 Å². The van der Waals surface area contributed by atoms with E-state index in [0.29, 0.717) is 11.8 Å². The van der Waals surface area contributed by atoms with Gasteiger partial charge in [0.1, 0.15) is 0 Å². The van der Waals surface area contributed by atoms with Crippen LogP contribution in [0.5, 0.6) is 0 Å². The largest absolute Gasteiger partial charge is 0.353 e. The maximum atomic E-state index is 11.7. The molecule has 1 fully saturated rings. The Morgan fingerprint density at radius 2 is 2.25 bits per heavy atom. The highest BCUT2D eigenvalue weighted by molar-refractivity contribution is 7.99. The van der Waals surface area contributed by atoms with Crippen LogP contribution in [0, 0.1) is 6.92 Å². The number of nitrogens with zero attached hydrogens (tertiary/aromatic N) is 2. The Labute approximate surface area is 122 Å². The fourth-order valence-electron chi connectivity index (χ4n) is 2.04. The van der Waals surface area contributed by atoms with Crippen LogP contribution in [0.2, 0.25) is 0 Å². The Kier molecular flexibility index (Phi) is 3.78. The molecule has 0 saturated heterocycles. The summed E-state index contributed by atoms with van der Waals surface area (Å²) >= 11 is 1.47. The lowest BCUT2D eigenvalue weighted by Gasteiger charge is -2.10. The van der Waals surface area contributed by atoms with Gasteiger partial charge in [-0.15, -0.1) is 0 Å². The van der Waals surface area contributed by atoms with E-state index in [1.54, 1.807) is 6.20 Å². The number of hydrogen-bond donors (Lipinski definition) is 1. The van der Waals surface area contributed by atoms with Crippen LogP contribution < -0.4 is 5.32 Å². The predicted octanol–water partition coefficient (Wildman–Crippen LogP) is 2.55. The fourth-order valence-corrected chi connectivity index (χ4v) is 2.82. The lowest BCUT2D eigenvalue weighted by molar-refractivity contribution is -0.118. The summed E-state index contributed by atoms with van der Waals surface area (Å²) in [6, 6.07) is 8.58. The molecule has 1 aliphatic carbocycles. The zero-order chi connectivity index (χ0) is 13.9. The number of aromatic nitrogens is 2. The molecule has 1 aromatic heterocycles. The number of para-hydroxylation sites is 1. The van der Waals surface area contributed by atoms with Crippen LogP contribution in [0.1, 0.15) is 18.4 Å². The maximum absolute atomic E-state index is 11.7. The lowest BCUT2D eigenvalue weighted by atomic mass is 10.2. The van der Waals surface area contributed by atoms with E-state index in [1.807, 2.05) is 22.9 Å². The Morgan fingerprint density at radius 1 is 1.45 bits per heavy atom. The maximum Gasteiger partial charge on any atom is 0.230 e. The average Bonchev–Trinajstić information content (AvgIpc) is 3.13. The highest BCUT2D eigenvalue weighted by Crippen LogP contribution is 2.23. The molecule has 0 aliphatic heterocycles. The van der Waals surface area contributed by atoms with E-state index in [2.05, 4.69) is 29.4 Å². The van der Waals surface area contributed by atoms with Crippen LogP contribution in [-0.2, 0) is 4.79 Å². The number of thioether (sulfide) groups is 1. The van der Waals surface area contributed by atoms with E-state index in [-0.39, 0.29) is 5.91 Å². The van der Waals surface area contributed by atoms with Gasteiger partial charge in [-0.05, 0) is 31.4 Å². The summed E-state index contributed by atoms with van der Waals surface area (Å²) in [5, 5.41) is 3.84. The first-order valence-electron chi connectivity index (χ1n) is 6.75. The molecule has 1 aromatic carbocycles. The fraction of sp³-hybridized carbons (Fsp3) is 0.333. The molecule has 1 N–H and O–H groups in total. The van der Waals surface area contributed by atoms with Crippen LogP contribution in [-0.4, -0.2) is 27.3 Å².